The highest BCUT2D eigenvalue weighted by Crippen LogP contribution is 2.39. The molecule has 1 N–H and O–H groups in total. The Morgan fingerprint density at radius 1 is 1.20 bits per heavy atom. The largest absolute Gasteiger partial charge is 0.487 e. The summed E-state index contributed by atoms with van der Waals surface area (Å²) in [4.78, 5) is 0. The highest BCUT2D eigenvalue weighted by Gasteiger charge is 2.38. The molecule has 2 heteroatoms. The molecule has 2 rings (SSSR count). The normalized spacial score (nSPS) is 18.4. The maximum absolute atomic E-state index is 6.31. The molecule has 1 aliphatic carbocycles. The number of nitrogens with one attached hydrogen (secondary N) is 1. The summed E-state index contributed by atoms with van der Waals surface area (Å²) in [7, 11) is 0. The fourth-order valence-corrected chi connectivity index (χ4v) is 2.82. The predicted octanol–water partition coefficient (Wildman–Crippen LogP) is 4.50. The summed E-state index contributed by atoms with van der Waals surface area (Å²) >= 11 is 0. The topological polar surface area (TPSA) is 21.3 Å². The second kappa shape index (κ2) is 7.12. The van der Waals surface area contributed by atoms with Crippen LogP contribution in [0.4, 0.5) is 0 Å². The lowest BCUT2D eigenvalue weighted by Crippen LogP contribution is -2.45. The molecule has 1 saturated carbocycles. The van der Waals surface area contributed by atoms with Gasteiger partial charge in [0.2, 0.25) is 0 Å². The van der Waals surface area contributed by atoms with Crippen LogP contribution in [0.5, 0.6) is 5.75 Å². The van der Waals surface area contributed by atoms with E-state index in [4.69, 9.17) is 4.74 Å². The number of hydrogen-bond acceptors (Lipinski definition) is 2. The van der Waals surface area contributed by atoms with Crippen molar-refractivity contribution in [1.29, 1.82) is 0 Å². The molecule has 1 aliphatic rings. The van der Waals surface area contributed by atoms with Gasteiger partial charge in [-0.3, -0.25) is 0 Å². The lowest BCUT2D eigenvalue weighted by atomic mass is 9.77. The number of benzene rings is 1. The van der Waals surface area contributed by atoms with Gasteiger partial charge in [-0.25, -0.2) is 0 Å². The summed E-state index contributed by atoms with van der Waals surface area (Å²) in [6.07, 6.45) is 6.01. The third kappa shape index (κ3) is 3.76. The lowest BCUT2D eigenvalue weighted by Gasteiger charge is -2.42. The van der Waals surface area contributed by atoms with Crippen molar-refractivity contribution in [3.05, 3.63) is 29.8 Å². The van der Waals surface area contributed by atoms with Crippen molar-refractivity contribution in [2.75, 3.05) is 13.1 Å². The second-order valence-corrected chi connectivity index (χ2v) is 6.12. The Bertz CT molecular complexity index is 394. The van der Waals surface area contributed by atoms with E-state index >= 15 is 0 Å². The lowest BCUT2D eigenvalue weighted by molar-refractivity contribution is -0.0141. The van der Waals surface area contributed by atoms with E-state index in [1.54, 1.807) is 0 Å². The van der Waals surface area contributed by atoms with E-state index in [-0.39, 0.29) is 5.60 Å². The van der Waals surface area contributed by atoms with Crippen LogP contribution in [0, 0.1) is 0 Å². The highest BCUT2D eigenvalue weighted by atomic mass is 16.5. The molecule has 2 nitrogen and oxygen atoms in total. The monoisotopic (exact) mass is 275 g/mol. The van der Waals surface area contributed by atoms with Crippen molar-refractivity contribution in [2.24, 2.45) is 0 Å². The van der Waals surface area contributed by atoms with Crippen LogP contribution in [0.3, 0.4) is 0 Å². The zero-order valence-corrected chi connectivity index (χ0v) is 13.2. The molecule has 0 aromatic heterocycles. The van der Waals surface area contributed by atoms with Crippen LogP contribution in [-0.4, -0.2) is 18.7 Å². The molecule has 0 spiro atoms. The zero-order valence-electron chi connectivity index (χ0n) is 13.2. The summed E-state index contributed by atoms with van der Waals surface area (Å²) in [5.41, 5.74) is 1.51. The van der Waals surface area contributed by atoms with Crippen LogP contribution in [0.25, 0.3) is 0 Å². The maximum atomic E-state index is 6.31. The third-order valence-corrected chi connectivity index (χ3v) is 4.67. The summed E-state index contributed by atoms with van der Waals surface area (Å²) in [5, 5.41) is 3.41. The van der Waals surface area contributed by atoms with Crippen LogP contribution in [-0.2, 0) is 0 Å². The fraction of sp³-hybridized carbons (Fsp3) is 0.667. The average Bonchev–Trinajstić information content (AvgIpc) is 2.44. The quantitative estimate of drug-likeness (QED) is 0.705. The molecule has 0 aliphatic heterocycles. The van der Waals surface area contributed by atoms with E-state index in [0.29, 0.717) is 5.92 Å². The van der Waals surface area contributed by atoms with E-state index in [9.17, 15) is 0 Å². The SMILES string of the molecule is CCNCCC1(Oc2ccc(C(C)CC)cc2)CCC1. The Kier molecular flexibility index (Phi) is 5.47. The molecule has 0 radical (unpaired) electrons. The van der Waals surface area contributed by atoms with E-state index in [0.717, 1.165) is 25.3 Å². The van der Waals surface area contributed by atoms with E-state index in [1.807, 2.05) is 0 Å². The molecule has 0 bridgehead atoms. The molecule has 112 valence electrons. The maximum Gasteiger partial charge on any atom is 0.120 e. The van der Waals surface area contributed by atoms with Gasteiger partial charge in [0.15, 0.2) is 0 Å². The van der Waals surface area contributed by atoms with Gasteiger partial charge in [0.05, 0.1) is 0 Å². The Labute approximate surface area is 123 Å². The third-order valence-electron chi connectivity index (χ3n) is 4.67. The molecule has 0 saturated heterocycles. The first-order valence-corrected chi connectivity index (χ1v) is 8.19. The van der Waals surface area contributed by atoms with Gasteiger partial charge in [-0.05, 0) is 68.8 Å². The van der Waals surface area contributed by atoms with Crippen molar-refractivity contribution < 1.29 is 4.74 Å². The number of rotatable bonds is 8. The van der Waals surface area contributed by atoms with Crippen LogP contribution >= 0.6 is 0 Å². The Morgan fingerprint density at radius 2 is 1.90 bits per heavy atom. The highest BCUT2D eigenvalue weighted by molar-refractivity contribution is 5.30. The molecule has 0 amide bonds. The summed E-state index contributed by atoms with van der Waals surface area (Å²) < 4.78 is 6.31. The zero-order chi connectivity index (χ0) is 14.4. The van der Waals surface area contributed by atoms with Crippen molar-refractivity contribution in [3.8, 4) is 5.75 Å². The van der Waals surface area contributed by atoms with Crippen molar-refractivity contribution in [2.45, 2.75) is 64.4 Å². The van der Waals surface area contributed by atoms with Gasteiger partial charge in [-0.2, -0.15) is 0 Å². The molecule has 1 unspecified atom stereocenters. The Balaban J connectivity index is 1.94. The van der Waals surface area contributed by atoms with Crippen molar-refractivity contribution >= 4 is 0 Å². The molecule has 0 heterocycles. The molecular formula is C18H29NO. The van der Waals surface area contributed by atoms with E-state index in [1.165, 1.54) is 31.2 Å². The molecule has 1 aromatic carbocycles. The first kappa shape index (κ1) is 15.4. The smallest absolute Gasteiger partial charge is 0.120 e. The van der Waals surface area contributed by atoms with Crippen LogP contribution in [0.2, 0.25) is 0 Å². The standard InChI is InChI=1S/C18H29NO/c1-4-15(3)16-7-9-17(10-8-16)20-18(11-6-12-18)13-14-19-5-2/h7-10,15,19H,4-6,11-14H2,1-3H3. The van der Waals surface area contributed by atoms with Gasteiger partial charge in [0.1, 0.15) is 11.4 Å². The molecule has 1 atom stereocenters. The summed E-state index contributed by atoms with van der Waals surface area (Å²) in [6.45, 7) is 8.77. The summed E-state index contributed by atoms with van der Waals surface area (Å²) in [5.74, 6) is 1.67. The van der Waals surface area contributed by atoms with Gasteiger partial charge < -0.3 is 10.1 Å². The Hall–Kier alpha value is -1.02. The average molecular weight is 275 g/mol. The minimum Gasteiger partial charge on any atom is -0.487 e. The number of hydrogen-bond donors (Lipinski definition) is 1. The van der Waals surface area contributed by atoms with E-state index < -0.39 is 0 Å². The van der Waals surface area contributed by atoms with E-state index in [2.05, 4.69) is 50.4 Å². The van der Waals surface area contributed by atoms with Gasteiger partial charge in [0.25, 0.3) is 0 Å². The molecule has 1 aromatic rings. The van der Waals surface area contributed by atoms with Crippen LogP contribution in [0.15, 0.2) is 24.3 Å². The van der Waals surface area contributed by atoms with Gasteiger partial charge in [-0.1, -0.05) is 32.9 Å². The van der Waals surface area contributed by atoms with Crippen molar-refractivity contribution in [1.82, 2.24) is 5.32 Å². The minimum absolute atomic E-state index is 0.0973. The minimum atomic E-state index is 0.0973. The first-order chi connectivity index (χ1) is 9.69. The number of ether oxygens (including phenoxy) is 1. The van der Waals surface area contributed by atoms with Gasteiger partial charge in [0, 0.05) is 0 Å². The molecule has 1 fully saturated rings. The molecule has 20 heavy (non-hydrogen) atoms. The summed E-state index contributed by atoms with van der Waals surface area (Å²) in [6, 6.07) is 8.74. The second-order valence-electron chi connectivity index (χ2n) is 6.12. The van der Waals surface area contributed by atoms with Crippen molar-refractivity contribution in [3.63, 3.8) is 0 Å². The predicted molar refractivity (Wildman–Crippen MR) is 85.5 cm³/mol. The van der Waals surface area contributed by atoms with Gasteiger partial charge in [-0.15, -0.1) is 0 Å². The molecular weight excluding hydrogens is 246 g/mol. The Morgan fingerprint density at radius 3 is 2.40 bits per heavy atom. The van der Waals surface area contributed by atoms with Crippen LogP contribution in [0.1, 0.15) is 64.4 Å². The first-order valence-electron chi connectivity index (χ1n) is 8.19. The fourth-order valence-electron chi connectivity index (χ4n) is 2.82. The van der Waals surface area contributed by atoms with Gasteiger partial charge >= 0.3 is 0 Å². The van der Waals surface area contributed by atoms with Crippen LogP contribution < -0.4 is 10.1 Å².